The number of nitrogens with zero attached hydrogens (tertiary/aromatic N) is 3. The van der Waals surface area contributed by atoms with Crippen LogP contribution in [0, 0.1) is 24.2 Å². The van der Waals surface area contributed by atoms with Crippen molar-refractivity contribution in [3.8, 4) is 22.9 Å². The van der Waals surface area contributed by atoms with Gasteiger partial charge in [-0.1, -0.05) is 32.9 Å². The molecule has 0 saturated carbocycles. The van der Waals surface area contributed by atoms with Gasteiger partial charge in [0.05, 0.1) is 30.1 Å². The van der Waals surface area contributed by atoms with Crippen molar-refractivity contribution in [2.75, 3.05) is 39.1 Å². The van der Waals surface area contributed by atoms with Gasteiger partial charge in [0.15, 0.2) is 0 Å². The summed E-state index contributed by atoms with van der Waals surface area (Å²) >= 11 is 0. The SMILES string of the molecule is COc1c(C#N)cc(C(C)(C)C)cc1C(=O)Nc1cnc(C)c(-c2ccc(C(=O)NCC3CCN(C)CC3)cc2)c1. The van der Waals surface area contributed by atoms with E-state index in [-0.39, 0.29) is 22.6 Å². The molecule has 2 heterocycles. The lowest BCUT2D eigenvalue weighted by Crippen LogP contribution is -2.36. The van der Waals surface area contributed by atoms with Crippen LogP contribution in [0.15, 0.2) is 48.7 Å². The average molecular weight is 554 g/mol. The van der Waals surface area contributed by atoms with Crippen LogP contribution in [0.3, 0.4) is 0 Å². The van der Waals surface area contributed by atoms with E-state index in [1.54, 1.807) is 18.3 Å². The Labute approximate surface area is 242 Å². The van der Waals surface area contributed by atoms with E-state index < -0.39 is 5.91 Å². The molecular formula is C33H39N5O3. The van der Waals surface area contributed by atoms with E-state index in [9.17, 15) is 14.9 Å². The van der Waals surface area contributed by atoms with Gasteiger partial charge < -0.3 is 20.3 Å². The van der Waals surface area contributed by atoms with Crippen molar-refractivity contribution in [3.63, 3.8) is 0 Å². The van der Waals surface area contributed by atoms with Crippen LogP contribution in [0.4, 0.5) is 5.69 Å². The molecule has 8 heteroatoms. The Morgan fingerprint density at radius 2 is 1.78 bits per heavy atom. The smallest absolute Gasteiger partial charge is 0.259 e. The van der Waals surface area contributed by atoms with Crippen molar-refractivity contribution in [1.82, 2.24) is 15.2 Å². The second kappa shape index (κ2) is 12.5. The van der Waals surface area contributed by atoms with Crippen LogP contribution in [0.5, 0.6) is 5.75 Å². The number of amides is 2. The van der Waals surface area contributed by atoms with E-state index in [0.717, 1.165) is 48.3 Å². The Hall–Kier alpha value is -4.22. The molecule has 1 aliphatic rings. The third-order valence-electron chi connectivity index (χ3n) is 7.72. The zero-order chi connectivity index (χ0) is 29.7. The monoisotopic (exact) mass is 553 g/mol. The van der Waals surface area contributed by atoms with Gasteiger partial charge in [0.1, 0.15) is 11.8 Å². The van der Waals surface area contributed by atoms with Gasteiger partial charge >= 0.3 is 0 Å². The van der Waals surface area contributed by atoms with Gasteiger partial charge in [-0.2, -0.15) is 5.26 Å². The number of hydrogen-bond acceptors (Lipinski definition) is 6. The number of aromatic nitrogens is 1. The Morgan fingerprint density at radius 3 is 2.39 bits per heavy atom. The van der Waals surface area contributed by atoms with Gasteiger partial charge in [0.2, 0.25) is 0 Å². The van der Waals surface area contributed by atoms with Crippen molar-refractivity contribution >= 4 is 17.5 Å². The summed E-state index contributed by atoms with van der Waals surface area (Å²) in [4.78, 5) is 33.0. The van der Waals surface area contributed by atoms with Crippen molar-refractivity contribution in [2.45, 2.75) is 46.0 Å². The number of nitriles is 1. The third-order valence-corrected chi connectivity index (χ3v) is 7.72. The molecule has 41 heavy (non-hydrogen) atoms. The molecular weight excluding hydrogens is 514 g/mol. The molecule has 1 aromatic heterocycles. The normalized spacial score (nSPS) is 14.3. The molecule has 3 aromatic rings. The van der Waals surface area contributed by atoms with Gasteiger partial charge in [-0.25, -0.2) is 0 Å². The van der Waals surface area contributed by atoms with Crippen LogP contribution in [-0.2, 0) is 5.41 Å². The van der Waals surface area contributed by atoms with E-state index in [2.05, 4.69) is 33.6 Å². The Balaban J connectivity index is 1.51. The fourth-order valence-corrected chi connectivity index (χ4v) is 5.03. The Bertz CT molecular complexity index is 1460. The minimum absolute atomic E-state index is 0.0745. The highest BCUT2D eigenvalue weighted by Crippen LogP contribution is 2.32. The summed E-state index contributed by atoms with van der Waals surface area (Å²) in [5.41, 5.74) is 4.83. The second-order valence-corrected chi connectivity index (χ2v) is 11.8. The molecule has 1 aliphatic heterocycles. The number of pyridine rings is 1. The van der Waals surface area contributed by atoms with Gasteiger partial charge in [0.25, 0.3) is 11.8 Å². The van der Waals surface area contributed by atoms with Gasteiger partial charge in [0, 0.05) is 23.4 Å². The standard InChI is InChI=1S/C33H39N5O3/c1-21-28(23-7-9-24(10-8-23)31(39)36-19-22-11-13-38(5)14-12-22)17-27(20-35-21)37-32(40)29-16-26(33(2,3)4)15-25(18-34)30(29)41-6/h7-10,15-17,20,22H,11-14,19H2,1-6H3,(H,36,39)(H,37,40). The molecule has 1 fully saturated rings. The maximum atomic E-state index is 13.4. The number of hydrogen-bond donors (Lipinski definition) is 2. The number of aryl methyl sites for hydroxylation is 1. The fourth-order valence-electron chi connectivity index (χ4n) is 5.03. The zero-order valence-corrected chi connectivity index (χ0v) is 24.8. The number of benzene rings is 2. The molecule has 0 radical (unpaired) electrons. The summed E-state index contributed by atoms with van der Waals surface area (Å²) < 4.78 is 5.46. The van der Waals surface area contributed by atoms with Crippen LogP contribution < -0.4 is 15.4 Å². The zero-order valence-electron chi connectivity index (χ0n) is 24.8. The number of nitrogens with one attached hydrogen (secondary N) is 2. The van der Waals surface area contributed by atoms with Crippen LogP contribution in [-0.4, -0.2) is 55.5 Å². The minimum Gasteiger partial charge on any atom is -0.495 e. The Kier molecular flexibility index (Phi) is 9.09. The largest absolute Gasteiger partial charge is 0.495 e. The number of carbonyl (C=O) groups excluding carboxylic acids is 2. The summed E-state index contributed by atoms with van der Waals surface area (Å²) in [6.07, 6.45) is 3.80. The predicted molar refractivity (Wildman–Crippen MR) is 161 cm³/mol. The van der Waals surface area contributed by atoms with Crippen LogP contribution in [0.2, 0.25) is 0 Å². The minimum atomic E-state index is -0.391. The van der Waals surface area contributed by atoms with Gasteiger partial charge in [-0.15, -0.1) is 0 Å². The van der Waals surface area contributed by atoms with Crippen LogP contribution in [0.1, 0.15) is 71.1 Å². The van der Waals surface area contributed by atoms with Crippen LogP contribution >= 0.6 is 0 Å². The molecule has 4 rings (SSSR count). The van der Waals surface area contributed by atoms with Crippen molar-refractivity contribution in [1.29, 1.82) is 5.26 Å². The summed E-state index contributed by atoms with van der Waals surface area (Å²) in [7, 11) is 3.58. The lowest BCUT2D eigenvalue weighted by atomic mass is 9.84. The maximum Gasteiger partial charge on any atom is 0.259 e. The number of likely N-dealkylation sites (tertiary alicyclic amines) is 1. The third kappa shape index (κ3) is 7.11. The number of rotatable bonds is 7. The summed E-state index contributed by atoms with van der Waals surface area (Å²) in [5.74, 6) is 0.290. The molecule has 0 bridgehead atoms. The van der Waals surface area contributed by atoms with E-state index >= 15 is 0 Å². The number of ether oxygens (including phenoxy) is 1. The van der Waals surface area contributed by atoms with Crippen molar-refractivity contribution < 1.29 is 14.3 Å². The lowest BCUT2D eigenvalue weighted by molar-refractivity contribution is 0.0938. The maximum absolute atomic E-state index is 13.4. The molecule has 1 saturated heterocycles. The fraction of sp³-hybridized carbons (Fsp3) is 0.394. The molecule has 2 amide bonds. The summed E-state index contributed by atoms with van der Waals surface area (Å²) in [5, 5.41) is 15.7. The molecule has 0 aliphatic carbocycles. The first-order chi connectivity index (χ1) is 19.5. The van der Waals surface area contributed by atoms with E-state index in [4.69, 9.17) is 4.74 Å². The topological polar surface area (TPSA) is 107 Å². The second-order valence-electron chi connectivity index (χ2n) is 11.8. The highest BCUT2D eigenvalue weighted by molar-refractivity contribution is 6.07. The molecule has 0 atom stereocenters. The molecule has 214 valence electrons. The van der Waals surface area contributed by atoms with E-state index in [0.29, 0.717) is 29.3 Å². The summed E-state index contributed by atoms with van der Waals surface area (Å²) in [6.45, 7) is 10.8. The van der Waals surface area contributed by atoms with Crippen molar-refractivity contribution in [2.24, 2.45) is 5.92 Å². The number of piperidine rings is 1. The quantitative estimate of drug-likeness (QED) is 0.397. The number of carbonyl (C=O) groups is 2. The van der Waals surface area contributed by atoms with E-state index in [1.165, 1.54) is 7.11 Å². The first kappa shape index (κ1) is 29.8. The van der Waals surface area contributed by atoms with Gasteiger partial charge in [-0.05, 0) is 92.7 Å². The first-order valence-electron chi connectivity index (χ1n) is 14.0. The average Bonchev–Trinajstić information content (AvgIpc) is 2.96. The number of anilines is 1. The van der Waals surface area contributed by atoms with Crippen LogP contribution in [0.25, 0.3) is 11.1 Å². The van der Waals surface area contributed by atoms with Crippen molar-refractivity contribution in [3.05, 3.63) is 76.6 Å². The highest BCUT2D eigenvalue weighted by atomic mass is 16.5. The molecule has 2 aromatic carbocycles. The Morgan fingerprint density at radius 1 is 1.10 bits per heavy atom. The first-order valence-corrected chi connectivity index (χ1v) is 14.0. The summed E-state index contributed by atoms with van der Waals surface area (Å²) in [6, 6.07) is 15.0. The van der Waals surface area contributed by atoms with Gasteiger partial charge in [-0.3, -0.25) is 14.6 Å². The molecule has 0 spiro atoms. The highest BCUT2D eigenvalue weighted by Gasteiger charge is 2.23. The predicted octanol–water partition coefficient (Wildman–Crippen LogP) is 5.56. The lowest BCUT2D eigenvalue weighted by Gasteiger charge is -2.28. The number of methoxy groups -OCH3 is 1. The molecule has 8 nitrogen and oxygen atoms in total. The van der Waals surface area contributed by atoms with E-state index in [1.807, 2.05) is 58.0 Å². The molecule has 2 N–H and O–H groups in total. The molecule has 0 unspecified atom stereocenters.